The molecule has 1 N–H and O–H groups in total. The number of ether oxygens (including phenoxy) is 3. The summed E-state index contributed by atoms with van der Waals surface area (Å²) in [7, 11) is 3.19. The lowest BCUT2D eigenvalue weighted by molar-refractivity contribution is -0.119. The van der Waals surface area contributed by atoms with Crippen molar-refractivity contribution in [3.05, 3.63) is 42.5 Å². The number of anilines is 1. The van der Waals surface area contributed by atoms with Gasteiger partial charge in [-0.2, -0.15) is 0 Å². The zero-order chi connectivity index (χ0) is 17.5. The van der Waals surface area contributed by atoms with Gasteiger partial charge in [-0.1, -0.05) is 13.8 Å². The minimum Gasteiger partial charge on any atom is -0.497 e. The highest BCUT2D eigenvalue weighted by molar-refractivity contribution is 5.92. The fourth-order valence-corrected chi connectivity index (χ4v) is 2.06. The van der Waals surface area contributed by atoms with Gasteiger partial charge in [0.25, 0.3) is 0 Å². The SMILES string of the molecule is CCC(C)C(=O)Nc1ccc(OC)c(Oc2ccc(OC)cc2)c1. The number of rotatable bonds is 7. The van der Waals surface area contributed by atoms with E-state index in [1.807, 2.05) is 38.1 Å². The molecular formula is C19H23NO4. The van der Waals surface area contributed by atoms with Gasteiger partial charge in [0.2, 0.25) is 5.91 Å². The van der Waals surface area contributed by atoms with Gasteiger partial charge >= 0.3 is 0 Å². The predicted octanol–water partition coefficient (Wildman–Crippen LogP) is 4.48. The highest BCUT2D eigenvalue weighted by Gasteiger charge is 2.13. The van der Waals surface area contributed by atoms with E-state index in [2.05, 4.69) is 5.32 Å². The molecule has 5 heteroatoms. The third-order valence-electron chi connectivity index (χ3n) is 3.78. The van der Waals surface area contributed by atoms with Crippen molar-refractivity contribution in [2.24, 2.45) is 5.92 Å². The van der Waals surface area contributed by atoms with Gasteiger partial charge in [-0.15, -0.1) is 0 Å². The number of carbonyl (C=O) groups is 1. The van der Waals surface area contributed by atoms with E-state index in [4.69, 9.17) is 14.2 Å². The van der Waals surface area contributed by atoms with Crippen LogP contribution in [0.5, 0.6) is 23.0 Å². The molecule has 1 atom stereocenters. The molecule has 0 aliphatic rings. The fourth-order valence-electron chi connectivity index (χ4n) is 2.06. The molecule has 0 fully saturated rings. The molecule has 1 unspecified atom stereocenters. The van der Waals surface area contributed by atoms with Crippen LogP contribution in [0.4, 0.5) is 5.69 Å². The maximum absolute atomic E-state index is 12.0. The third kappa shape index (κ3) is 4.41. The molecular weight excluding hydrogens is 306 g/mol. The van der Waals surface area contributed by atoms with Gasteiger partial charge in [0.05, 0.1) is 14.2 Å². The first kappa shape index (κ1) is 17.7. The molecule has 0 radical (unpaired) electrons. The summed E-state index contributed by atoms with van der Waals surface area (Å²) in [5, 5.41) is 2.89. The Morgan fingerprint density at radius 3 is 2.25 bits per heavy atom. The molecule has 2 aromatic rings. The number of methoxy groups -OCH3 is 2. The summed E-state index contributed by atoms with van der Waals surface area (Å²) in [4.78, 5) is 12.0. The highest BCUT2D eigenvalue weighted by atomic mass is 16.5. The molecule has 0 aromatic heterocycles. The van der Waals surface area contributed by atoms with Crippen molar-refractivity contribution < 1.29 is 19.0 Å². The molecule has 0 saturated carbocycles. The normalized spacial score (nSPS) is 11.5. The van der Waals surface area contributed by atoms with Gasteiger partial charge in [-0.25, -0.2) is 0 Å². The van der Waals surface area contributed by atoms with Crippen LogP contribution >= 0.6 is 0 Å². The summed E-state index contributed by atoms with van der Waals surface area (Å²) >= 11 is 0. The van der Waals surface area contributed by atoms with Gasteiger partial charge in [-0.05, 0) is 42.8 Å². The molecule has 2 rings (SSSR count). The average molecular weight is 329 g/mol. The first-order valence-corrected chi connectivity index (χ1v) is 7.88. The second-order valence-electron chi connectivity index (χ2n) is 5.44. The van der Waals surface area contributed by atoms with Crippen molar-refractivity contribution in [3.8, 4) is 23.0 Å². The zero-order valence-corrected chi connectivity index (χ0v) is 14.5. The number of benzene rings is 2. The quantitative estimate of drug-likeness (QED) is 0.813. The van der Waals surface area contributed by atoms with E-state index in [9.17, 15) is 4.79 Å². The Kier molecular flexibility index (Phi) is 6.07. The van der Waals surface area contributed by atoms with Crippen molar-refractivity contribution in [1.82, 2.24) is 0 Å². The number of hydrogen-bond acceptors (Lipinski definition) is 4. The van der Waals surface area contributed by atoms with Crippen LogP contribution in [0.25, 0.3) is 0 Å². The van der Waals surface area contributed by atoms with Crippen LogP contribution in [-0.4, -0.2) is 20.1 Å². The molecule has 1 amide bonds. The fraction of sp³-hybridized carbons (Fsp3) is 0.316. The molecule has 0 heterocycles. The smallest absolute Gasteiger partial charge is 0.227 e. The summed E-state index contributed by atoms with van der Waals surface area (Å²) in [5.74, 6) is 2.47. The molecule has 0 aliphatic carbocycles. The molecule has 128 valence electrons. The zero-order valence-electron chi connectivity index (χ0n) is 14.5. The van der Waals surface area contributed by atoms with Gasteiger partial charge in [0, 0.05) is 17.7 Å². The van der Waals surface area contributed by atoms with Crippen molar-refractivity contribution in [2.75, 3.05) is 19.5 Å². The topological polar surface area (TPSA) is 56.8 Å². The summed E-state index contributed by atoms with van der Waals surface area (Å²) in [6.45, 7) is 3.88. The van der Waals surface area contributed by atoms with Gasteiger partial charge < -0.3 is 19.5 Å². The summed E-state index contributed by atoms with van der Waals surface area (Å²) in [5.41, 5.74) is 0.671. The number of nitrogens with one attached hydrogen (secondary N) is 1. The number of carbonyl (C=O) groups excluding carboxylic acids is 1. The number of hydrogen-bond donors (Lipinski definition) is 1. The van der Waals surface area contributed by atoms with Crippen LogP contribution in [0.3, 0.4) is 0 Å². The Labute approximate surface area is 142 Å². The standard InChI is InChI=1S/C19H23NO4/c1-5-13(2)19(21)20-14-6-11-17(23-4)18(12-14)24-16-9-7-15(22-3)8-10-16/h6-13H,5H2,1-4H3,(H,20,21). The Bertz CT molecular complexity index is 682. The minimum atomic E-state index is -0.0435. The minimum absolute atomic E-state index is 0.0157. The molecule has 0 bridgehead atoms. The second-order valence-corrected chi connectivity index (χ2v) is 5.44. The first-order valence-electron chi connectivity index (χ1n) is 7.88. The molecule has 0 saturated heterocycles. The summed E-state index contributed by atoms with van der Waals surface area (Å²) < 4.78 is 16.3. The van der Waals surface area contributed by atoms with E-state index in [-0.39, 0.29) is 11.8 Å². The van der Waals surface area contributed by atoms with Crippen LogP contribution in [-0.2, 0) is 4.79 Å². The maximum atomic E-state index is 12.0. The molecule has 2 aromatic carbocycles. The van der Waals surface area contributed by atoms with Crippen molar-refractivity contribution in [3.63, 3.8) is 0 Å². The molecule has 5 nitrogen and oxygen atoms in total. The summed E-state index contributed by atoms with van der Waals surface area (Å²) in [6.07, 6.45) is 0.789. The lowest BCUT2D eigenvalue weighted by Gasteiger charge is -2.14. The van der Waals surface area contributed by atoms with E-state index < -0.39 is 0 Å². The largest absolute Gasteiger partial charge is 0.497 e. The Morgan fingerprint density at radius 1 is 1.00 bits per heavy atom. The Hall–Kier alpha value is -2.69. The van der Waals surface area contributed by atoms with Crippen molar-refractivity contribution in [1.29, 1.82) is 0 Å². The van der Waals surface area contributed by atoms with Crippen LogP contribution in [0.2, 0.25) is 0 Å². The monoisotopic (exact) mass is 329 g/mol. The predicted molar refractivity (Wildman–Crippen MR) is 94.1 cm³/mol. The molecule has 0 aliphatic heterocycles. The van der Waals surface area contributed by atoms with Crippen LogP contribution in [0.1, 0.15) is 20.3 Å². The average Bonchev–Trinajstić information content (AvgIpc) is 2.62. The van der Waals surface area contributed by atoms with E-state index in [0.29, 0.717) is 22.9 Å². The maximum Gasteiger partial charge on any atom is 0.227 e. The highest BCUT2D eigenvalue weighted by Crippen LogP contribution is 2.34. The lowest BCUT2D eigenvalue weighted by atomic mass is 10.1. The Balaban J connectivity index is 2.20. The summed E-state index contributed by atoms with van der Waals surface area (Å²) in [6, 6.07) is 12.6. The van der Waals surface area contributed by atoms with Crippen LogP contribution < -0.4 is 19.5 Å². The van der Waals surface area contributed by atoms with Crippen LogP contribution in [0.15, 0.2) is 42.5 Å². The first-order chi connectivity index (χ1) is 11.6. The van der Waals surface area contributed by atoms with Gasteiger partial charge in [0.15, 0.2) is 11.5 Å². The number of amides is 1. The molecule has 24 heavy (non-hydrogen) atoms. The van der Waals surface area contributed by atoms with Gasteiger partial charge in [0.1, 0.15) is 11.5 Å². The van der Waals surface area contributed by atoms with Crippen molar-refractivity contribution in [2.45, 2.75) is 20.3 Å². The van der Waals surface area contributed by atoms with E-state index in [1.165, 1.54) is 0 Å². The van der Waals surface area contributed by atoms with E-state index >= 15 is 0 Å². The molecule has 0 spiro atoms. The van der Waals surface area contributed by atoms with E-state index in [1.54, 1.807) is 32.4 Å². The van der Waals surface area contributed by atoms with Gasteiger partial charge in [-0.3, -0.25) is 4.79 Å². The van der Waals surface area contributed by atoms with Crippen LogP contribution in [0, 0.1) is 5.92 Å². The van der Waals surface area contributed by atoms with Crippen molar-refractivity contribution >= 4 is 11.6 Å². The lowest BCUT2D eigenvalue weighted by Crippen LogP contribution is -2.19. The third-order valence-corrected chi connectivity index (χ3v) is 3.78. The Morgan fingerprint density at radius 2 is 1.67 bits per heavy atom. The second kappa shape index (κ2) is 8.24. The van der Waals surface area contributed by atoms with E-state index in [0.717, 1.165) is 12.2 Å².